The maximum Gasteiger partial charge on any atom is 0.408 e. The fraction of sp³-hybridized carbons (Fsp3) is 0.200. The van der Waals surface area contributed by atoms with Gasteiger partial charge < -0.3 is 25.3 Å². The number of hydrogen-bond donors (Lipinski definition) is 2. The van der Waals surface area contributed by atoms with E-state index in [1.54, 1.807) is 30.3 Å². The minimum atomic E-state index is -1.62. The molecule has 0 fully saturated rings. The lowest BCUT2D eigenvalue weighted by molar-refractivity contribution is -0.384. The normalized spacial score (nSPS) is 11.3. The molecule has 12 heteroatoms. The maximum atomic E-state index is 11.8. The van der Waals surface area contributed by atoms with E-state index in [-0.39, 0.29) is 12.4 Å². The van der Waals surface area contributed by atoms with Crippen molar-refractivity contribution in [1.82, 2.24) is 15.3 Å². The molecule has 0 aliphatic heterocycles. The standard InChI is InChI=1S/C15H14ClN5O6/c16-12-11(21(25)26)13(19-8-18-12)17-6-10(14(22)23)20-15(24)27-7-9-4-2-1-3-5-9/h1-5,8,10H,6-7H2,(H,20,24)(H,22,23)(H,17,18,19)/p-1. The highest BCUT2D eigenvalue weighted by Gasteiger charge is 2.23. The second-order valence-electron chi connectivity index (χ2n) is 5.08. The van der Waals surface area contributed by atoms with Gasteiger partial charge in [0, 0.05) is 6.54 Å². The van der Waals surface area contributed by atoms with E-state index < -0.39 is 40.4 Å². The predicted octanol–water partition coefficient (Wildman–Crippen LogP) is 0.495. The van der Waals surface area contributed by atoms with Crippen LogP contribution < -0.4 is 15.7 Å². The van der Waals surface area contributed by atoms with Crippen molar-refractivity contribution in [3.05, 3.63) is 57.5 Å². The summed E-state index contributed by atoms with van der Waals surface area (Å²) in [6, 6.07) is 7.21. The number of halogens is 1. The lowest BCUT2D eigenvalue weighted by atomic mass is 10.2. The van der Waals surface area contributed by atoms with E-state index in [0.29, 0.717) is 5.56 Å². The van der Waals surface area contributed by atoms with Crippen LogP contribution >= 0.6 is 11.6 Å². The Labute approximate surface area is 157 Å². The number of nitrogens with zero attached hydrogens (tertiary/aromatic N) is 3. The number of carbonyl (C=O) groups is 2. The molecule has 2 aromatic rings. The first-order valence-corrected chi connectivity index (χ1v) is 7.83. The highest BCUT2D eigenvalue weighted by Crippen LogP contribution is 2.28. The van der Waals surface area contributed by atoms with Crippen LogP contribution in [0.5, 0.6) is 0 Å². The summed E-state index contributed by atoms with van der Waals surface area (Å²) in [5.74, 6) is -1.92. The molecule has 0 saturated carbocycles. The van der Waals surface area contributed by atoms with Gasteiger partial charge in [-0.1, -0.05) is 41.9 Å². The van der Waals surface area contributed by atoms with Gasteiger partial charge in [-0.3, -0.25) is 10.1 Å². The zero-order valence-corrected chi connectivity index (χ0v) is 14.4. The number of benzene rings is 1. The number of alkyl carbamates (subject to hydrolysis) is 1. The Balaban J connectivity index is 1.96. The molecule has 0 spiro atoms. The third-order valence-electron chi connectivity index (χ3n) is 3.22. The highest BCUT2D eigenvalue weighted by atomic mass is 35.5. The summed E-state index contributed by atoms with van der Waals surface area (Å²) in [5, 5.41) is 26.3. The summed E-state index contributed by atoms with van der Waals surface area (Å²) in [6.45, 7) is -0.524. The van der Waals surface area contributed by atoms with Crippen LogP contribution in [0.2, 0.25) is 5.15 Å². The molecular formula is C15H13ClN5O6-. The van der Waals surface area contributed by atoms with E-state index in [0.717, 1.165) is 6.33 Å². The number of hydrogen-bond acceptors (Lipinski definition) is 9. The fourth-order valence-corrected chi connectivity index (χ4v) is 2.15. The minimum Gasteiger partial charge on any atom is -0.548 e. The number of nitro groups is 1. The number of aromatic nitrogens is 2. The van der Waals surface area contributed by atoms with Crippen molar-refractivity contribution in [2.45, 2.75) is 12.6 Å². The molecule has 0 aliphatic carbocycles. The number of rotatable bonds is 8. The van der Waals surface area contributed by atoms with Gasteiger partial charge in [-0.25, -0.2) is 14.8 Å². The molecule has 142 valence electrons. The molecule has 1 aromatic heterocycles. The summed E-state index contributed by atoms with van der Waals surface area (Å²) in [7, 11) is 0. The van der Waals surface area contributed by atoms with Crippen LogP contribution in [0.25, 0.3) is 0 Å². The SMILES string of the molecule is O=C(NC(CNc1ncnc(Cl)c1[N+](=O)[O-])C(=O)[O-])OCc1ccccc1. The summed E-state index contributed by atoms with van der Waals surface area (Å²) >= 11 is 5.63. The molecule has 1 heterocycles. The van der Waals surface area contributed by atoms with Crippen molar-refractivity contribution in [1.29, 1.82) is 0 Å². The van der Waals surface area contributed by atoms with Crippen molar-refractivity contribution in [3.63, 3.8) is 0 Å². The minimum absolute atomic E-state index is 0.0626. The molecular weight excluding hydrogens is 382 g/mol. The molecule has 0 aliphatic rings. The van der Waals surface area contributed by atoms with Gasteiger partial charge >= 0.3 is 11.8 Å². The van der Waals surface area contributed by atoms with Gasteiger partial charge in [0.1, 0.15) is 12.9 Å². The molecule has 2 N–H and O–H groups in total. The van der Waals surface area contributed by atoms with Crippen LogP contribution in [0, 0.1) is 10.1 Å². The number of nitrogens with one attached hydrogen (secondary N) is 2. The zero-order valence-electron chi connectivity index (χ0n) is 13.6. The number of carbonyl (C=O) groups excluding carboxylic acids is 2. The first-order valence-electron chi connectivity index (χ1n) is 7.45. The highest BCUT2D eigenvalue weighted by molar-refractivity contribution is 6.31. The lowest BCUT2D eigenvalue weighted by Crippen LogP contribution is -2.51. The number of carboxylic acids is 1. The summed E-state index contributed by atoms with van der Waals surface area (Å²) in [6.07, 6.45) is -0.0298. The van der Waals surface area contributed by atoms with Crippen molar-refractivity contribution in [2.75, 3.05) is 11.9 Å². The Kier molecular flexibility index (Phi) is 6.83. The number of aliphatic carboxylic acids is 1. The van der Waals surface area contributed by atoms with Crippen molar-refractivity contribution in [3.8, 4) is 0 Å². The van der Waals surface area contributed by atoms with E-state index in [2.05, 4.69) is 20.6 Å². The van der Waals surface area contributed by atoms with E-state index in [1.165, 1.54) is 0 Å². The Morgan fingerprint density at radius 2 is 1.96 bits per heavy atom. The molecule has 11 nitrogen and oxygen atoms in total. The van der Waals surface area contributed by atoms with Gasteiger partial charge in [0.2, 0.25) is 11.0 Å². The number of amides is 1. The average molecular weight is 395 g/mol. The first-order chi connectivity index (χ1) is 12.9. The van der Waals surface area contributed by atoms with Crippen molar-refractivity contribution in [2.24, 2.45) is 0 Å². The monoisotopic (exact) mass is 394 g/mol. The van der Waals surface area contributed by atoms with E-state index in [4.69, 9.17) is 16.3 Å². The second kappa shape index (κ2) is 9.29. The molecule has 1 aromatic carbocycles. The second-order valence-corrected chi connectivity index (χ2v) is 5.44. The van der Waals surface area contributed by atoms with Crippen LogP contribution in [0.3, 0.4) is 0 Å². The zero-order chi connectivity index (χ0) is 19.8. The third-order valence-corrected chi connectivity index (χ3v) is 3.50. The third kappa shape index (κ3) is 5.78. The number of carboxylic acid groups (broad SMARTS) is 1. The smallest absolute Gasteiger partial charge is 0.408 e. The van der Waals surface area contributed by atoms with Crippen molar-refractivity contribution < 1.29 is 24.4 Å². The molecule has 2 rings (SSSR count). The Hall–Kier alpha value is -3.47. The first kappa shape index (κ1) is 19.8. The number of anilines is 1. The maximum absolute atomic E-state index is 11.8. The molecule has 1 atom stereocenters. The lowest BCUT2D eigenvalue weighted by Gasteiger charge is -2.20. The summed E-state index contributed by atoms with van der Waals surface area (Å²) in [5.41, 5.74) is 0.0879. The van der Waals surface area contributed by atoms with Gasteiger partial charge in [-0.2, -0.15) is 0 Å². The Morgan fingerprint density at radius 1 is 1.26 bits per heavy atom. The van der Waals surface area contributed by atoms with E-state index in [9.17, 15) is 24.8 Å². The Bertz CT molecular complexity index is 835. The van der Waals surface area contributed by atoms with Gasteiger partial charge in [0.25, 0.3) is 0 Å². The molecule has 27 heavy (non-hydrogen) atoms. The quantitative estimate of drug-likeness (QED) is 0.369. The van der Waals surface area contributed by atoms with Gasteiger partial charge in [0.15, 0.2) is 0 Å². The molecule has 1 amide bonds. The van der Waals surface area contributed by atoms with Crippen LogP contribution in [0.4, 0.5) is 16.3 Å². The van der Waals surface area contributed by atoms with Crippen LogP contribution in [-0.2, 0) is 16.1 Å². The van der Waals surface area contributed by atoms with Gasteiger partial charge in [-0.05, 0) is 5.56 Å². The molecule has 0 radical (unpaired) electrons. The van der Waals surface area contributed by atoms with Gasteiger partial charge in [-0.15, -0.1) is 0 Å². The van der Waals surface area contributed by atoms with E-state index >= 15 is 0 Å². The Morgan fingerprint density at radius 3 is 2.59 bits per heavy atom. The molecule has 0 bridgehead atoms. The van der Waals surface area contributed by atoms with Gasteiger partial charge in [0.05, 0.1) is 16.9 Å². The average Bonchev–Trinajstić information content (AvgIpc) is 2.63. The summed E-state index contributed by atoms with van der Waals surface area (Å²) in [4.78, 5) is 40.3. The topological polar surface area (TPSA) is 159 Å². The molecule has 1 unspecified atom stereocenters. The summed E-state index contributed by atoms with van der Waals surface area (Å²) < 4.78 is 4.92. The number of ether oxygens (including phenoxy) is 1. The predicted molar refractivity (Wildman–Crippen MR) is 90.7 cm³/mol. The van der Waals surface area contributed by atoms with E-state index in [1.807, 2.05) is 0 Å². The fourth-order valence-electron chi connectivity index (χ4n) is 1.95. The van der Waals surface area contributed by atoms with Crippen LogP contribution in [0.15, 0.2) is 36.7 Å². The molecule has 0 saturated heterocycles. The van der Waals surface area contributed by atoms with Crippen molar-refractivity contribution >= 4 is 35.2 Å². The van der Waals surface area contributed by atoms with Crippen LogP contribution in [-0.4, -0.2) is 39.5 Å². The largest absolute Gasteiger partial charge is 0.548 e. The van der Waals surface area contributed by atoms with Crippen LogP contribution in [0.1, 0.15) is 5.56 Å².